The molecule has 0 radical (unpaired) electrons. The van der Waals surface area contributed by atoms with Crippen LogP contribution in [0.4, 0.5) is 4.79 Å². The van der Waals surface area contributed by atoms with E-state index in [2.05, 4.69) is 5.32 Å². The number of rotatable bonds is 3. The molecule has 0 bridgehead atoms. The number of nitrogens with zero attached hydrogens (tertiary/aromatic N) is 1. The second kappa shape index (κ2) is 5.35. The van der Waals surface area contributed by atoms with Crippen LogP contribution in [-0.2, 0) is 4.79 Å². The number of carbonyl (C=O) groups is 2. The smallest absolute Gasteiger partial charge is 0.329 e. The minimum absolute atomic E-state index is 0.324. The van der Waals surface area contributed by atoms with Crippen molar-refractivity contribution in [3.63, 3.8) is 0 Å². The van der Waals surface area contributed by atoms with E-state index in [0.717, 1.165) is 0 Å². The molecule has 0 aromatic carbocycles. The van der Waals surface area contributed by atoms with Crippen LogP contribution in [0.5, 0.6) is 0 Å². The van der Waals surface area contributed by atoms with Gasteiger partial charge in [-0.05, 0) is 26.2 Å². The van der Waals surface area contributed by atoms with E-state index in [1.807, 2.05) is 0 Å². The topological polar surface area (TPSA) is 89.9 Å². The van der Waals surface area contributed by atoms with Gasteiger partial charge in [-0.2, -0.15) is 0 Å². The molecule has 6 nitrogen and oxygen atoms in total. The summed E-state index contributed by atoms with van der Waals surface area (Å²) in [6, 6.07) is -0.372. The Bertz CT molecular complexity index is 300. The van der Waals surface area contributed by atoms with Gasteiger partial charge in [0.2, 0.25) is 0 Å². The van der Waals surface area contributed by atoms with E-state index >= 15 is 0 Å². The monoisotopic (exact) mass is 244 g/mol. The van der Waals surface area contributed by atoms with Crippen molar-refractivity contribution in [2.75, 3.05) is 13.1 Å². The first kappa shape index (κ1) is 13.8. The maximum atomic E-state index is 11.9. The number of urea groups is 1. The van der Waals surface area contributed by atoms with Crippen molar-refractivity contribution < 1.29 is 19.8 Å². The molecule has 1 rings (SSSR count). The molecular formula is C11H20N2O4. The van der Waals surface area contributed by atoms with E-state index in [9.17, 15) is 14.7 Å². The molecule has 1 aliphatic rings. The van der Waals surface area contributed by atoms with Crippen molar-refractivity contribution in [3.8, 4) is 0 Å². The average Bonchev–Trinajstić information content (AvgIpc) is 2.29. The van der Waals surface area contributed by atoms with Gasteiger partial charge in [-0.3, -0.25) is 0 Å². The summed E-state index contributed by atoms with van der Waals surface area (Å²) in [6.07, 6.45) is 1.06. The van der Waals surface area contributed by atoms with Gasteiger partial charge < -0.3 is 20.4 Å². The second-order valence-corrected chi connectivity index (χ2v) is 4.64. The van der Waals surface area contributed by atoms with Gasteiger partial charge in [-0.25, -0.2) is 9.59 Å². The van der Waals surface area contributed by atoms with Gasteiger partial charge in [0.25, 0.3) is 0 Å². The van der Waals surface area contributed by atoms with Crippen molar-refractivity contribution in [1.29, 1.82) is 0 Å². The van der Waals surface area contributed by atoms with Gasteiger partial charge in [0, 0.05) is 13.1 Å². The summed E-state index contributed by atoms with van der Waals surface area (Å²) in [6.45, 7) is 4.14. The van der Waals surface area contributed by atoms with Crippen LogP contribution in [0.1, 0.15) is 33.1 Å². The molecule has 1 fully saturated rings. The van der Waals surface area contributed by atoms with Crippen LogP contribution in [0.2, 0.25) is 0 Å². The van der Waals surface area contributed by atoms with Gasteiger partial charge in [0.05, 0.1) is 6.10 Å². The summed E-state index contributed by atoms with van der Waals surface area (Å²) in [5.74, 6) is -1.04. The van der Waals surface area contributed by atoms with Crippen LogP contribution in [0, 0.1) is 0 Å². The van der Waals surface area contributed by atoms with Crippen molar-refractivity contribution in [2.24, 2.45) is 0 Å². The Hall–Kier alpha value is -1.30. The highest BCUT2D eigenvalue weighted by atomic mass is 16.4. The first-order chi connectivity index (χ1) is 7.89. The van der Waals surface area contributed by atoms with E-state index in [-0.39, 0.29) is 12.1 Å². The number of aliphatic hydroxyl groups is 1. The third-order valence-electron chi connectivity index (χ3n) is 3.31. The fourth-order valence-electron chi connectivity index (χ4n) is 1.68. The zero-order valence-electron chi connectivity index (χ0n) is 10.3. The summed E-state index contributed by atoms with van der Waals surface area (Å²) in [4.78, 5) is 24.4. The molecule has 0 spiro atoms. The van der Waals surface area contributed by atoms with Gasteiger partial charge in [-0.15, -0.1) is 0 Å². The lowest BCUT2D eigenvalue weighted by Gasteiger charge is -2.33. The first-order valence-electron chi connectivity index (χ1n) is 5.87. The normalized spacial score (nSPS) is 20.8. The van der Waals surface area contributed by atoms with Crippen LogP contribution >= 0.6 is 0 Å². The Morgan fingerprint density at radius 2 is 1.94 bits per heavy atom. The van der Waals surface area contributed by atoms with Crippen LogP contribution in [-0.4, -0.2) is 51.8 Å². The fraction of sp³-hybridized carbons (Fsp3) is 0.818. The van der Waals surface area contributed by atoms with Gasteiger partial charge >= 0.3 is 12.0 Å². The number of carboxylic acids is 1. The van der Waals surface area contributed by atoms with Crippen molar-refractivity contribution in [3.05, 3.63) is 0 Å². The Balaban J connectivity index is 2.56. The third kappa shape index (κ3) is 3.33. The van der Waals surface area contributed by atoms with E-state index in [1.165, 1.54) is 6.92 Å². The second-order valence-electron chi connectivity index (χ2n) is 4.64. The highest BCUT2D eigenvalue weighted by Gasteiger charge is 2.34. The van der Waals surface area contributed by atoms with Crippen LogP contribution in [0.3, 0.4) is 0 Å². The third-order valence-corrected chi connectivity index (χ3v) is 3.31. The largest absolute Gasteiger partial charge is 0.480 e. The van der Waals surface area contributed by atoms with E-state index < -0.39 is 11.5 Å². The molecule has 1 heterocycles. The number of carbonyl (C=O) groups excluding carboxylic acids is 1. The van der Waals surface area contributed by atoms with E-state index in [4.69, 9.17) is 5.11 Å². The van der Waals surface area contributed by atoms with Crippen LogP contribution in [0.25, 0.3) is 0 Å². The molecule has 3 N–H and O–H groups in total. The van der Waals surface area contributed by atoms with Crippen LogP contribution < -0.4 is 5.32 Å². The number of hydrogen-bond donors (Lipinski definition) is 3. The van der Waals surface area contributed by atoms with Crippen molar-refractivity contribution >= 4 is 12.0 Å². The maximum Gasteiger partial charge on any atom is 0.329 e. The first-order valence-corrected chi connectivity index (χ1v) is 5.87. The van der Waals surface area contributed by atoms with Crippen LogP contribution in [0.15, 0.2) is 0 Å². The Kier molecular flexibility index (Phi) is 4.34. The number of carboxylic acid groups (broad SMARTS) is 1. The van der Waals surface area contributed by atoms with E-state index in [1.54, 1.807) is 11.8 Å². The molecule has 98 valence electrons. The molecule has 0 saturated carbocycles. The van der Waals surface area contributed by atoms with E-state index in [0.29, 0.717) is 32.4 Å². The zero-order chi connectivity index (χ0) is 13.1. The fourth-order valence-corrected chi connectivity index (χ4v) is 1.68. The highest BCUT2D eigenvalue weighted by Crippen LogP contribution is 2.13. The van der Waals surface area contributed by atoms with Crippen molar-refractivity contribution in [2.45, 2.75) is 44.8 Å². The summed E-state index contributed by atoms with van der Waals surface area (Å²) < 4.78 is 0. The number of aliphatic hydroxyl groups excluding tert-OH is 1. The summed E-state index contributed by atoms with van der Waals surface area (Å²) in [7, 11) is 0. The maximum absolute atomic E-state index is 11.9. The molecule has 1 aliphatic heterocycles. The predicted octanol–water partition coefficient (Wildman–Crippen LogP) is 0.406. The SMILES string of the molecule is CCC(C)(NC(=O)N1CCC(O)CC1)C(=O)O. The van der Waals surface area contributed by atoms with Gasteiger partial charge in [-0.1, -0.05) is 6.92 Å². The molecule has 0 aliphatic carbocycles. The number of amides is 2. The summed E-state index contributed by atoms with van der Waals surface area (Å²) in [5.41, 5.74) is -1.23. The lowest BCUT2D eigenvalue weighted by Crippen LogP contribution is -2.57. The Morgan fingerprint density at radius 3 is 2.35 bits per heavy atom. The average molecular weight is 244 g/mol. The molecule has 0 aromatic rings. The molecule has 1 saturated heterocycles. The Labute approximate surface area is 101 Å². The van der Waals surface area contributed by atoms with Gasteiger partial charge in [0.15, 0.2) is 0 Å². The number of hydrogen-bond acceptors (Lipinski definition) is 3. The standard InChI is InChI=1S/C11H20N2O4/c1-3-11(2,9(15)16)12-10(17)13-6-4-8(14)5-7-13/h8,14H,3-7H2,1-2H3,(H,12,17)(H,15,16). The molecule has 1 atom stereocenters. The molecule has 1 unspecified atom stereocenters. The van der Waals surface area contributed by atoms with Gasteiger partial charge in [0.1, 0.15) is 5.54 Å². The molecule has 0 aromatic heterocycles. The zero-order valence-corrected chi connectivity index (χ0v) is 10.3. The molecule has 2 amide bonds. The minimum atomic E-state index is -1.23. The summed E-state index contributed by atoms with van der Waals surface area (Å²) in [5, 5.41) is 20.9. The number of aliphatic carboxylic acids is 1. The van der Waals surface area contributed by atoms with Crippen molar-refractivity contribution in [1.82, 2.24) is 10.2 Å². The number of likely N-dealkylation sites (tertiary alicyclic amines) is 1. The quantitative estimate of drug-likeness (QED) is 0.670. The lowest BCUT2D eigenvalue weighted by molar-refractivity contribution is -0.143. The predicted molar refractivity (Wildman–Crippen MR) is 61.7 cm³/mol. The molecular weight excluding hydrogens is 224 g/mol. The number of nitrogens with one attached hydrogen (secondary N) is 1. The molecule has 6 heteroatoms. The summed E-state index contributed by atoms with van der Waals surface area (Å²) >= 11 is 0. The Morgan fingerprint density at radius 1 is 1.41 bits per heavy atom. The minimum Gasteiger partial charge on any atom is -0.480 e. The number of piperidine rings is 1. The highest BCUT2D eigenvalue weighted by molar-refractivity contribution is 5.85. The molecule has 17 heavy (non-hydrogen) atoms. The lowest BCUT2D eigenvalue weighted by atomic mass is 9.99.